The van der Waals surface area contributed by atoms with Gasteiger partial charge in [-0.3, -0.25) is 4.79 Å². The van der Waals surface area contributed by atoms with Crippen LogP contribution in [0.4, 0.5) is 0 Å². The Morgan fingerprint density at radius 2 is 1.91 bits per heavy atom. The van der Waals surface area contributed by atoms with Gasteiger partial charge in [-0.15, -0.1) is 0 Å². The maximum atomic E-state index is 12.1. The lowest BCUT2D eigenvalue weighted by molar-refractivity contribution is -0.116. The molecule has 1 heterocycles. The van der Waals surface area contributed by atoms with Crippen molar-refractivity contribution in [1.29, 1.82) is 0 Å². The maximum absolute atomic E-state index is 12.1. The summed E-state index contributed by atoms with van der Waals surface area (Å²) in [4.78, 5) is 16.5. The first-order valence-corrected chi connectivity index (χ1v) is 8.35. The molecular formula is C19H29N3O. The summed E-state index contributed by atoms with van der Waals surface area (Å²) < 4.78 is 0. The number of benzene rings is 1. The minimum absolute atomic E-state index is 0.00100. The van der Waals surface area contributed by atoms with Crippen LogP contribution in [0.15, 0.2) is 42.5 Å². The molecule has 1 aliphatic rings. The maximum Gasteiger partial charge on any atom is 0.243 e. The topological polar surface area (TPSA) is 35.6 Å². The van der Waals surface area contributed by atoms with E-state index in [1.54, 1.807) is 6.08 Å². The number of amides is 1. The predicted octanol–water partition coefficient (Wildman–Crippen LogP) is 1.88. The van der Waals surface area contributed by atoms with Crippen molar-refractivity contribution < 1.29 is 4.79 Å². The van der Waals surface area contributed by atoms with E-state index in [1.165, 1.54) is 5.56 Å². The van der Waals surface area contributed by atoms with Crippen molar-refractivity contribution in [3.05, 3.63) is 48.0 Å². The van der Waals surface area contributed by atoms with Crippen LogP contribution in [0.2, 0.25) is 0 Å². The molecule has 1 aromatic carbocycles. The van der Waals surface area contributed by atoms with Crippen LogP contribution in [0.5, 0.6) is 0 Å². The Bertz CT molecular complexity index is 517. The summed E-state index contributed by atoms with van der Waals surface area (Å²) in [5.41, 5.74) is 1.39. The van der Waals surface area contributed by atoms with Crippen molar-refractivity contribution in [1.82, 2.24) is 15.1 Å². The van der Waals surface area contributed by atoms with Crippen LogP contribution < -0.4 is 5.32 Å². The Morgan fingerprint density at radius 1 is 1.26 bits per heavy atom. The van der Waals surface area contributed by atoms with Crippen molar-refractivity contribution in [3.63, 3.8) is 0 Å². The van der Waals surface area contributed by atoms with E-state index in [2.05, 4.69) is 47.6 Å². The van der Waals surface area contributed by atoms with Gasteiger partial charge in [-0.25, -0.2) is 0 Å². The normalized spacial score (nSPS) is 18.4. The summed E-state index contributed by atoms with van der Waals surface area (Å²) in [7, 11) is 6.15. The largest absolute Gasteiger partial charge is 0.352 e. The molecule has 4 heteroatoms. The summed E-state index contributed by atoms with van der Waals surface area (Å²) in [5.74, 6) is 0.00100. The molecule has 4 nitrogen and oxygen atoms in total. The number of likely N-dealkylation sites (tertiary alicyclic amines) is 1. The molecule has 1 aliphatic heterocycles. The standard InChI is InChI=1S/C19H29N3O/c1-21(2)13-7-10-18(23)20-16-19(11-14-22(3)15-12-19)17-8-5-4-6-9-17/h4-10H,11-16H2,1-3H3,(H,20,23)/b10-7+. The van der Waals surface area contributed by atoms with E-state index in [1.807, 2.05) is 25.1 Å². The fourth-order valence-corrected chi connectivity index (χ4v) is 3.09. The number of rotatable bonds is 6. The van der Waals surface area contributed by atoms with Gasteiger partial charge in [0.15, 0.2) is 0 Å². The summed E-state index contributed by atoms with van der Waals surface area (Å²) in [6.07, 6.45) is 5.71. The number of carbonyl (C=O) groups excluding carboxylic acids is 1. The van der Waals surface area contributed by atoms with Gasteiger partial charge in [0.1, 0.15) is 0 Å². The highest BCUT2D eigenvalue weighted by Gasteiger charge is 2.35. The SMILES string of the molecule is CN(C)C/C=C/C(=O)NCC1(c2ccccc2)CCN(C)CC1. The van der Waals surface area contributed by atoms with Crippen molar-refractivity contribution in [3.8, 4) is 0 Å². The Morgan fingerprint density at radius 3 is 2.52 bits per heavy atom. The molecule has 0 aliphatic carbocycles. The Kier molecular flexibility index (Phi) is 6.37. The molecule has 1 fully saturated rings. The van der Waals surface area contributed by atoms with E-state index in [0.717, 1.165) is 32.5 Å². The Hall–Kier alpha value is -1.65. The lowest BCUT2D eigenvalue weighted by Gasteiger charge is -2.41. The molecule has 0 unspecified atom stereocenters. The average Bonchev–Trinajstić information content (AvgIpc) is 2.55. The van der Waals surface area contributed by atoms with Gasteiger partial charge < -0.3 is 15.1 Å². The Labute approximate surface area is 140 Å². The molecular weight excluding hydrogens is 286 g/mol. The van der Waals surface area contributed by atoms with Crippen molar-refractivity contribution in [2.24, 2.45) is 0 Å². The number of carbonyl (C=O) groups is 1. The number of nitrogens with zero attached hydrogens (tertiary/aromatic N) is 2. The van der Waals surface area contributed by atoms with Gasteiger partial charge in [0.25, 0.3) is 0 Å². The monoisotopic (exact) mass is 315 g/mol. The van der Waals surface area contributed by atoms with E-state index in [4.69, 9.17) is 0 Å². The summed E-state index contributed by atoms with van der Waals surface area (Å²) in [6.45, 7) is 3.63. The zero-order valence-corrected chi connectivity index (χ0v) is 14.6. The molecule has 0 atom stereocenters. The number of hydrogen-bond acceptors (Lipinski definition) is 3. The van der Waals surface area contributed by atoms with Crippen LogP contribution in [0.25, 0.3) is 0 Å². The number of likely N-dealkylation sites (N-methyl/N-ethyl adjacent to an activating group) is 1. The Balaban J connectivity index is 2.02. The van der Waals surface area contributed by atoms with E-state index < -0.39 is 0 Å². The van der Waals surface area contributed by atoms with Crippen LogP contribution in [0, 0.1) is 0 Å². The van der Waals surface area contributed by atoms with Crippen molar-refractivity contribution in [2.45, 2.75) is 18.3 Å². The van der Waals surface area contributed by atoms with E-state index in [-0.39, 0.29) is 11.3 Å². The first kappa shape index (κ1) is 17.7. The molecule has 1 saturated heterocycles. The molecule has 126 valence electrons. The third-order valence-corrected chi connectivity index (χ3v) is 4.67. The van der Waals surface area contributed by atoms with Crippen LogP contribution in [-0.4, -0.2) is 63.0 Å². The first-order valence-electron chi connectivity index (χ1n) is 8.35. The van der Waals surface area contributed by atoms with E-state index in [9.17, 15) is 4.79 Å². The zero-order chi connectivity index (χ0) is 16.7. The van der Waals surface area contributed by atoms with Crippen LogP contribution in [-0.2, 0) is 10.2 Å². The molecule has 23 heavy (non-hydrogen) atoms. The highest BCUT2D eigenvalue weighted by atomic mass is 16.1. The molecule has 0 aromatic heterocycles. The number of piperidine rings is 1. The first-order chi connectivity index (χ1) is 11.0. The van der Waals surface area contributed by atoms with Crippen LogP contribution in [0.3, 0.4) is 0 Å². The third kappa shape index (κ3) is 5.19. The minimum atomic E-state index is 0.00100. The number of nitrogens with one attached hydrogen (secondary N) is 1. The summed E-state index contributed by atoms with van der Waals surface area (Å²) in [5, 5.41) is 3.12. The van der Waals surface area contributed by atoms with Gasteiger partial charge in [0.05, 0.1) is 0 Å². The lowest BCUT2D eigenvalue weighted by Crippen LogP contribution is -2.47. The third-order valence-electron chi connectivity index (χ3n) is 4.67. The van der Waals surface area contributed by atoms with Gasteiger partial charge in [-0.1, -0.05) is 36.4 Å². The summed E-state index contributed by atoms with van der Waals surface area (Å²) >= 11 is 0. The minimum Gasteiger partial charge on any atom is -0.352 e. The molecule has 1 N–H and O–H groups in total. The molecule has 2 rings (SSSR count). The van der Waals surface area contributed by atoms with Crippen molar-refractivity contribution >= 4 is 5.91 Å². The van der Waals surface area contributed by atoms with Gasteiger partial charge in [0, 0.05) is 24.6 Å². The number of hydrogen-bond donors (Lipinski definition) is 1. The van der Waals surface area contributed by atoms with Crippen LogP contribution >= 0.6 is 0 Å². The van der Waals surface area contributed by atoms with Crippen molar-refractivity contribution in [2.75, 3.05) is 47.3 Å². The molecule has 0 radical (unpaired) electrons. The smallest absolute Gasteiger partial charge is 0.243 e. The molecule has 0 bridgehead atoms. The lowest BCUT2D eigenvalue weighted by atomic mass is 9.72. The zero-order valence-electron chi connectivity index (χ0n) is 14.6. The molecule has 0 saturated carbocycles. The fraction of sp³-hybridized carbons (Fsp3) is 0.526. The van der Waals surface area contributed by atoms with Gasteiger partial charge in [-0.2, -0.15) is 0 Å². The highest BCUT2D eigenvalue weighted by molar-refractivity contribution is 5.87. The van der Waals surface area contributed by atoms with Crippen LogP contribution in [0.1, 0.15) is 18.4 Å². The highest BCUT2D eigenvalue weighted by Crippen LogP contribution is 2.34. The summed E-state index contributed by atoms with van der Waals surface area (Å²) in [6, 6.07) is 10.6. The quantitative estimate of drug-likeness (QED) is 0.814. The van der Waals surface area contributed by atoms with E-state index >= 15 is 0 Å². The molecule has 1 amide bonds. The molecule has 1 aromatic rings. The fourth-order valence-electron chi connectivity index (χ4n) is 3.09. The van der Waals surface area contributed by atoms with E-state index in [0.29, 0.717) is 6.54 Å². The predicted molar refractivity (Wildman–Crippen MR) is 95.6 cm³/mol. The second-order valence-corrected chi connectivity index (χ2v) is 6.83. The van der Waals surface area contributed by atoms with Gasteiger partial charge in [-0.05, 0) is 52.6 Å². The molecule has 0 spiro atoms. The van der Waals surface area contributed by atoms with Gasteiger partial charge in [0.2, 0.25) is 5.91 Å². The second-order valence-electron chi connectivity index (χ2n) is 6.83. The second kappa shape index (κ2) is 8.27. The van der Waals surface area contributed by atoms with Gasteiger partial charge >= 0.3 is 0 Å². The average molecular weight is 315 g/mol.